The van der Waals surface area contributed by atoms with Crippen LogP contribution in [-0.4, -0.2) is 17.6 Å². The van der Waals surface area contributed by atoms with Gasteiger partial charge in [-0.3, -0.25) is 4.79 Å². The van der Waals surface area contributed by atoms with Gasteiger partial charge in [0.1, 0.15) is 12.4 Å². The molecular weight excluding hydrogens is 289 g/mol. The van der Waals surface area contributed by atoms with Crippen molar-refractivity contribution in [1.29, 1.82) is 0 Å². The van der Waals surface area contributed by atoms with Crippen LogP contribution in [-0.2, 0) is 0 Å². The molecule has 0 aliphatic carbocycles. The van der Waals surface area contributed by atoms with Crippen LogP contribution in [0, 0.1) is 17.7 Å². The monoisotopic (exact) mass is 303 g/mol. The average Bonchev–Trinajstić information content (AvgIpc) is 2.94. The van der Waals surface area contributed by atoms with E-state index in [1.165, 1.54) is 23.5 Å². The summed E-state index contributed by atoms with van der Waals surface area (Å²) in [6.07, 6.45) is 0. The molecule has 1 atom stereocenters. The molecule has 2 aromatic rings. The van der Waals surface area contributed by atoms with E-state index in [0.29, 0.717) is 4.88 Å². The minimum absolute atomic E-state index is 0.200. The first-order valence-corrected chi connectivity index (χ1v) is 7.17. The number of carbonyl (C=O) groups is 1. The lowest BCUT2D eigenvalue weighted by molar-refractivity contribution is 0.0944. The van der Waals surface area contributed by atoms with Crippen LogP contribution < -0.4 is 5.32 Å². The van der Waals surface area contributed by atoms with Gasteiger partial charge in [0.2, 0.25) is 0 Å². The SMILES string of the molecule is CC(NC(=O)c1ccc(C#CCO)s1)c1ccc(F)cc1. The Morgan fingerprint density at radius 1 is 1.33 bits per heavy atom. The number of nitrogens with one attached hydrogen (secondary N) is 1. The molecule has 0 aliphatic heterocycles. The van der Waals surface area contributed by atoms with Crippen LogP contribution in [0.5, 0.6) is 0 Å². The lowest BCUT2D eigenvalue weighted by Gasteiger charge is -2.13. The minimum Gasteiger partial charge on any atom is -0.384 e. The lowest BCUT2D eigenvalue weighted by atomic mass is 10.1. The fourth-order valence-electron chi connectivity index (χ4n) is 1.76. The largest absolute Gasteiger partial charge is 0.384 e. The van der Waals surface area contributed by atoms with Crippen molar-refractivity contribution in [3.8, 4) is 11.8 Å². The number of hydrogen-bond acceptors (Lipinski definition) is 3. The molecular formula is C16H14FNO2S. The third-order valence-corrected chi connectivity index (χ3v) is 3.84. The molecule has 1 unspecified atom stereocenters. The Labute approximate surface area is 126 Å². The van der Waals surface area contributed by atoms with E-state index in [1.807, 2.05) is 6.92 Å². The van der Waals surface area contributed by atoms with Crippen molar-refractivity contribution in [2.24, 2.45) is 0 Å². The molecule has 1 amide bonds. The molecule has 1 aromatic carbocycles. The standard InChI is InChI=1S/C16H14FNO2S/c1-11(12-4-6-13(17)7-5-12)18-16(20)15-9-8-14(21-15)3-2-10-19/h4-9,11,19H,10H2,1H3,(H,18,20). The first-order chi connectivity index (χ1) is 10.1. The Morgan fingerprint density at radius 2 is 2.05 bits per heavy atom. The second kappa shape index (κ2) is 7.02. The molecule has 2 rings (SSSR count). The number of aliphatic hydroxyl groups excluding tert-OH is 1. The van der Waals surface area contributed by atoms with E-state index in [2.05, 4.69) is 17.2 Å². The molecule has 3 nitrogen and oxygen atoms in total. The van der Waals surface area contributed by atoms with Crippen molar-refractivity contribution in [1.82, 2.24) is 5.32 Å². The average molecular weight is 303 g/mol. The molecule has 0 radical (unpaired) electrons. The summed E-state index contributed by atoms with van der Waals surface area (Å²) >= 11 is 1.26. The summed E-state index contributed by atoms with van der Waals surface area (Å²) in [5.41, 5.74) is 0.835. The van der Waals surface area contributed by atoms with Gasteiger partial charge in [0.15, 0.2) is 0 Å². The van der Waals surface area contributed by atoms with Crippen LogP contribution in [0.4, 0.5) is 4.39 Å². The number of benzene rings is 1. The van der Waals surface area contributed by atoms with E-state index in [1.54, 1.807) is 24.3 Å². The molecule has 0 fully saturated rings. The van der Waals surface area contributed by atoms with Crippen LogP contribution in [0.1, 0.15) is 33.1 Å². The lowest BCUT2D eigenvalue weighted by Crippen LogP contribution is -2.25. The third kappa shape index (κ3) is 4.15. The van der Waals surface area contributed by atoms with Crippen LogP contribution in [0.15, 0.2) is 36.4 Å². The van der Waals surface area contributed by atoms with E-state index in [9.17, 15) is 9.18 Å². The van der Waals surface area contributed by atoms with Gasteiger partial charge in [-0.05, 0) is 36.8 Å². The highest BCUT2D eigenvalue weighted by atomic mass is 32.1. The van der Waals surface area contributed by atoms with Gasteiger partial charge in [0, 0.05) is 0 Å². The van der Waals surface area contributed by atoms with Gasteiger partial charge < -0.3 is 10.4 Å². The number of aliphatic hydroxyl groups is 1. The molecule has 1 aromatic heterocycles. The summed E-state index contributed by atoms with van der Waals surface area (Å²) in [6, 6.07) is 9.24. The molecule has 0 saturated carbocycles. The van der Waals surface area contributed by atoms with Crippen molar-refractivity contribution in [3.05, 3.63) is 57.5 Å². The summed E-state index contributed by atoms with van der Waals surface area (Å²) in [5, 5.41) is 11.5. The first-order valence-electron chi connectivity index (χ1n) is 6.36. The summed E-state index contributed by atoms with van der Waals surface area (Å²) < 4.78 is 12.9. The summed E-state index contributed by atoms with van der Waals surface area (Å²) in [4.78, 5) is 13.4. The quantitative estimate of drug-likeness (QED) is 0.857. The van der Waals surface area contributed by atoms with E-state index in [0.717, 1.165) is 10.4 Å². The maximum atomic E-state index is 12.9. The van der Waals surface area contributed by atoms with Gasteiger partial charge in [-0.25, -0.2) is 4.39 Å². The van der Waals surface area contributed by atoms with Crippen LogP contribution in [0.25, 0.3) is 0 Å². The highest BCUT2D eigenvalue weighted by molar-refractivity contribution is 7.14. The van der Waals surface area contributed by atoms with Crippen LogP contribution in [0.2, 0.25) is 0 Å². The Hall–Kier alpha value is -2.16. The van der Waals surface area contributed by atoms with Gasteiger partial charge in [0.05, 0.1) is 15.8 Å². The number of thiophene rings is 1. The molecule has 1 heterocycles. The second-order valence-corrected chi connectivity index (χ2v) is 5.45. The fraction of sp³-hybridized carbons (Fsp3) is 0.188. The molecule has 2 N–H and O–H groups in total. The smallest absolute Gasteiger partial charge is 0.261 e. The maximum absolute atomic E-state index is 12.9. The molecule has 108 valence electrons. The Bertz CT molecular complexity index is 682. The molecule has 21 heavy (non-hydrogen) atoms. The van der Waals surface area contributed by atoms with Crippen molar-refractivity contribution >= 4 is 17.2 Å². The molecule has 0 bridgehead atoms. The number of halogens is 1. The number of rotatable bonds is 3. The van der Waals surface area contributed by atoms with Gasteiger partial charge in [-0.1, -0.05) is 24.0 Å². The minimum atomic E-state index is -0.303. The second-order valence-electron chi connectivity index (χ2n) is 4.37. The van der Waals surface area contributed by atoms with Crippen molar-refractivity contribution < 1.29 is 14.3 Å². The predicted molar refractivity (Wildman–Crippen MR) is 80.6 cm³/mol. The summed E-state index contributed by atoms with van der Waals surface area (Å²) in [6.45, 7) is 1.63. The number of amides is 1. The van der Waals surface area contributed by atoms with Gasteiger partial charge in [-0.2, -0.15) is 0 Å². The molecule has 0 aliphatic rings. The summed E-state index contributed by atoms with van der Waals surface area (Å²) in [7, 11) is 0. The highest BCUT2D eigenvalue weighted by Gasteiger charge is 2.13. The number of hydrogen-bond donors (Lipinski definition) is 2. The summed E-state index contributed by atoms with van der Waals surface area (Å²) in [5.74, 6) is 4.79. The van der Waals surface area contributed by atoms with Crippen LogP contribution in [0.3, 0.4) is 0 Å². The first kappa shape index (κ1) is 15.2. The van der Waals surface area contributed by atoms with Crippen molar-refractivity contribution in [3.63, 3.8) is 0 Å². The van der Waals surface area contributed by atoms with E-state index in [-0.39, 0.29) is 24.4 Å². The highest BCUT2D eigenvalue weighted by Crippen LogP contribution is 2.18. The van der Waals surface area contributed by atoms with Gasteiger partial charge in [-0.15, -0.1) is 11.3 Å². The van der Waals surface area contributed by atoms with Crippen molar-refractivity contribution in [2.75, 3.05) is 6.61 Å². The van der Waals surface area contributed by atoms with Gasteiger partial charge in [0.25, 0.3) is 5.91 Å². The zero-order chi connectivity index (χ0) is 15.2. The van der Waals surface area contributed by atoms with E-state index < -0.39 is 0 Å². The normalized spacial score (nSPS) is 11.4. The topological polar surface area (TPSA) is 49.3 Å². The molecule has 0 spiro atoms. The van der Waals surface area contributed by atoms with E-state index in [4.69, 9.17) is 5.11 Å². The fourth-order valence-corrected chi connectivity index (χ4v) is 2.54. The van der Waals surface area contributed by atoms with Gasteiger partial charge >= 0.3 is 0 Å². The predicted octanol–water partition coefficient (Wildman–Crippen LogP) is 2.72. The third-order valence-electron chi connectivity index (χ3n) is 2.84. The maximum Gasteiger partial charge on any atom is 0.261 e. The molecule has 0 saturated heterocycles. The van der Waals surface area contributed by atoms with Crippen molar-refractivity contribution in [2.45, 2.75) is 13.0 Å². The Morgan fingerprint density at radius 3 is 2.71 bits per heavy atom. The zero-order valence-electron chi connectivity index (χ0n) is 11.4. The Balaban J connectivity index is 2.03. The zero-order valence-corrected chi connectivity index (χ0v) is 12.2. The van der Waals surface area contributed by atoms with E-state index >= 15 is 0 Å². The van der Waals surface area contributed by atoms with Crippen LogP contribution >= 0.6 is 11.3 Å². The molecule has 5 heteroatoms. The Kier molecular flexibility index (Phi) is 5.09. The number of carbonyl (C=O) groups excluding carboxylic acids is 1.